The van der Waals surface area contributed by atoms with E-state index in [1.54, 1.807) is 0 Å². The molecule has 0 saturated carbocycles. The molecule has 0 radical (unpaired) electrons. The molecular formula is C19H32N2. The maximum Gasteiger partial charge on any atom is 0.0233 e. The predicted octanol–water partition coefficient (Wildman–Crippen LogP) is 4.05. The number of rotatable bonds is 8. The van der Waals surface area contributed by atoms with E-state index < -0.39 is 0 Å². The highest BCUT2D eigenvalue weighted by atomic mass is 15.1. The second-order valence-electron chi connectivity index (χ2n) is 7.02. The van der Waals surface area contributed by atoms with Gasteiger partial charge >= 0.3 is 0 Å². The third-order valence-corrected chi connectivity index (χ3v) is 4.38. The van der Waals surface area contributed by atoms with Crippen LogP contribution in [0.15, 0.2) is 24.3 Å². The zero-order valence-corrected chi connectivity index (χ0v) is 14.1. The SMILES string of the molecule is CCCC1CCN(Cc2ccc(CNCC(C)C)cc2)C1. The number of likely N-dealkylation sites (tertiary alicyclic amines) is 1. The van der Waals surface area contributed by atoms with Crippen molar-refractivity contribution < 1.29 is 0 Å². The fourth-order valence-electron chi connectivity index (χ4n) is 3.23. The predicted molar refractivity (Wildman–Crippen MR) is 91.3 cm³/mol. The van der Waals surface area contributed by atoms with Gasteiger partial charge in [-0.1, -0.05) is 51.5 Å². The minimum Gasteiger partial charge on any atom is -0.312 e. The molecule has 1 aromatic rings. The number of hydrogen-bond acceptors (Lipinski definition) is 2. The third-order valence-electron chi connectivity index (χ3n) is 4.38. The van der Waals surface area contributed by atoms with E-state index in [4.69, 9.17) is 0 Å². The summed E-state index contributed by atoms with van der Waals surface area (Å²) in [5.74, 6) is 1.66. The molecule has 0 spiro atoms. The van der Waals surface area contributed by atoms with Crippen LogP contribution in [-0.4, -0.2) is 24.5 Å². The van der Waals surface area contributed by atoms with Gasteiger partial charge in [0.05, 0.1) is 0 Å². The second kappa shape index (κ2) is 8.55. The van der Waals surface area contributed by atoms with Gasteiger partial charge in [0.2, 0.25) is 0 Å². The summed E-state index contributed by atoms with van der Waals surface area (Å²) in [7, 11) is 0. The van der Waals surface area contributed by atoms with Crippen LogP contribution in [0.25, 0.3) is 0 Å². The summed E-state index contributed by atoms with van der Waals surface area (Å²) in [4.78, 5) is 2.62. The lowest BCUT2D eigenvalue weighted by Gasteiger charge is -2.16. The van der Waals surface area contributed by atoms with Crippen molar-refractivity contribution >= 4 is 0 Å². The van der Waals surface area contributed by atoms with Gasteiger partial charge in [-0.05, 0) is 48.9 Å². The average molecular weight is 288 g/mol. The largest absolute Gasteiger partial charge is 0.312 e. The van der Waals surface area contributed by atoms with Crippen molar-refractivity contribution in [2.24, 2.45) is 11.8 Å². The zero-order valence-electron chi connectivity index (χ0n) is 14.1. The fourth-order valence-corrected chi connectivity index (χ4v) is 3.23. The molecule has 1 fully saturated rings. The van der Waals surface area contributed by atoms with Crippen LogP contribution in [0.5, 0.6) is 0 Å². The normalized spacial score (nSPS) is 19.5. The second-order valence-corrected chi connectivity index (χ2v) is 7.02. The van der Waals surface area contributed by atoms with E-state index in [0.29, 0.717) is 0 Å². The lowest BCUT2D eigenvalue weighted by molar-refractivity contribution is 0.313. The first-order valence-electron chi connectivity index (χ1n) is 8.68. The molecule has 1 aromatic carbocycles. The van der Waals surface area contributed by atoms with Gasteiger partial charge in [-0.25, -0.2) is 0 Å². The van der Waals surface area contributed by atoms with Crippen molar-refractivity contribution in [3.05, 3.63) is 35.4 Å². The van der Waals surface area contributed by atoms with Crippen molar-refractivity contribution in [3.8, 4) is 0 Å². The van der Waals surface area contributed by atoms with Gasteiger partial charge in [0.25, 0.3) is 0 Å². The number of hydrogen-bond donors (Lipinski definition) is 1. The smallest absolute Gasteiger partial charge is 0.0233 e. The van der Waals surface area contributed by atoms with Gasteiger partial charge < -0.3 is 5.32 Å². The lowest BCUT2D eigenvalue weighted by atomic mass is 10.0. The Morgan fingerprint density at radius 2 is 1.90 bits per heavy atom. The zero-order chi connectivity index (χ0) is 15.1. The van der Waals surface area contributed by atoms with E-state index in [1.165, 1.54) is 43.5 Å². The Morgan fingerprint density at radius 1 is 1.19 bits per heavy atom. The molecule has 21 heavy (non-hydrogen) atoms. The maximum atomic E-state index is 3.50. The van der Waals surface area contributed by atoms with Crippen LogP contribution in [0, 0.1) is 11.8 Å². The molecule has 1 aliphatic heterocycles. The summed E-state index contributed by atoms with van der Waals surface area (Å²) in [6.45, 7) is 12.6. The van der Waals surface area contributed by atoms with Crippen molar-refractivity contribution in [1.29, 1.82) is 0 Å². The van der Waals surface area contributed by atoms with E-state index in [9.17, 15) is 0 Å². The molecule has 1 atom stereocenters. The van der Waals surface area contributed by atoms with Crippen LogP contribution in [-0.2, 0) is 13.1 Å². The summed E-state index contributed by atoms with van der Waals surface area (Å²) in [6, 6.07) is 9.17. The summed E-state index contributed by atoms with van der Waals surface area (Å²) in [5.41, 5.74) is 2.85. The molecule has 0 amide bonds. The highest BCUT2D eigenvalue weighted by molar-refractivity contribution is 5.22. The molecule has 1 heterocycles. The van der Waals surface area contributed by atoms with Crippen molar-refractivity contribution in [2.45, 2.75) is 53.1 Å². The highest BCUT2D eigenvalue weighted by Gasteiger charge is 2.21. The minimum atomic E-state index is 0.718. The van der Waals surface area contributed by atoms with E-state index >= 15 is 0 Å². The van der Waals surface area contributed by atoms with Crippen LogP contribution in [0.1, 0.15) is 51.2 Å². The molecule has 1 unspecified atom stereocenters. The van der Waals surface area contributed by atoms with E-state index in [2.05, 4.69) is 55.3 Å². The number of nitrogens with zero attached hydrogens (tertiary/aromatic N) is 1. The molecule has 1 aliphatic rings. The van der Waals surface area contributed by atoms with Crippen LogP contribution in [0.4, 0.5) is 0 Å². The van der Waals surface area contributed by atoms with Gasteiger partial charge in [-0.15, -0.1) is 0 Å². The van der Waals surface area contributed by atoms with Gasteiger partial charge in [-0.2, -0.15) is 0 Å². The topological polar surface area (TPSA) is 15.3 Å². The van der Waals surface area contributed by atoms with Gasteiger partial charge in [0.15, 0.2) is 0 Å². The first-order chi connectivity index (χ1) is 10.2. The van der Waals surface area contributed by atoms with Crippen LogP contribution in [0.2, 0.25) is 0 Å². The standard InChI is InChI=1S/C19H32N2/c1-4-5-18-10-11-21(14-18)15-19-8-6-17(7-9-19)13-20-12-16(2)3/h6-9,16,18,20H,4-5,10-15H2,1-3H3. The third kappa shape index (κ3) is 5.80. The van der Waals surface area contributed by atoms with Gasteiger partial charge in [-0.3, -0.25) is 4.90 Å². The summed E-state index contributed by atoms with van der Waals surface area (Å²) in [6.07, 6.45) is 4.12. The molecule has 0 aromatic heterocycles. The first kappa shape index (κ1) is 16.5. The quantitative estimate of drug-likeness (QED) is 0.776. The Labute approximate surface area is 130 Å². The van der Waals surface area contributed by atoms with E-state index in [0.717, 1.165) is 31.5 Å². The molecule has 1 saturated heterocycles. The Kier molecular flexibility index (Phi) is 6.72. The summed E-state index contributed by atoms with van der Waals surface area (Å²) >= 11 is 0. The molecular weight excluding hydrogens is 256 g/mol. The maximum absolute atomic E-state index is 3.50. The van der Waals surface area contributed by atoms with Crippen molar-refractivity contribution in [2.75, 3.05) is 19.6 Å². The molecule has 0 bridgehead atoms. The summed E-state index contributed by atoms with van der Waals surface area (Å²) in [5, 5.41) is 3.50. The molecule has 118 valence electrons. The van der Waals surface area contributed by atoms with Crippen LogP contribution >= 0.6 is 0 Å². The van der Waals surface area contributed by atoms with E-state index in [1.807, 2.05) is 0 Å². The van der Waals surface area contributed by atoms with Crippen LogP contribution in [0.3, 0.4) is 0 Å². The Balaban J connectivity index is 1.75. The van der Waals surface area contributed by atoms with Gasteiger partial charge in [0, 0.05) is 19.6 Å². The van der Waals surface area contributed by atoms with Crippen LogP contribution < -0.4 is 5.32 Å². The monoisotopic (exact) mass is 288 g/mol. The average Bonchev–Trinajstić information content (AvgIpc) is 2.88. The Bertz CT molecular complexity index is 397. The molecule has 2 rings (SSSR count). The Morgan fingerprint density at radius 3 is 2.57 bits per heavy atom. The molecule has 0 aliphatic carbocycles. The van der Waals surface area contributed by atoms with E-state index in [-0.39, 0.29) is 0 Å². The fraction of sp³-hybridized carbons (Fsp3) is 0.684. The molecule has 2 heteroatoms. The summed E-state index contributed by atoms with van der Waals surface area (Å²) < 4.78 is 0. The minimum absolute atomic E-state index is 0.718. The first-order valence-corrected chi connectivity index (χ1v) is 8.68. The van der Waals surface area contributed by atoms with Crippen molar-refractivity contribution in [3.63, 3.8) is 0 Å². The Hall–Kier alpha value is -0.860. The number of benzene rings is 1. The molecule has 1 N–H and O–H groups in total. The van der Waals surface area contributed by atoms with Crippen molar-refractivity contribution in [1.82, 2.24) is 10.2 Å². The molecule has 2 nitrogen and oxygen atoms in total. The number of nitrogens with one attached hydrogen (secondary N) is 1. The lowest BCUT2D eigenvalue weighted by Crippen LogP contribution is -2.20. The highest BCUT2D eigenvalue weighted by Crippen LogP contribution is 2.22. The van der Waals surface area contributed by atoms with Gasteiger partial charge in [0.1, 0.15) is 0 Å².